The number of hydrogen-bond donors (Lipinski definition) is 1. The van der Waals surface area contributed by atoms with Crippen LogP contribution >= 0.6 is 0 Å². The van der Waals surface area contributed by atoms with Crippen LogP contribution in [0.3, 0.4) is 0 Å². The summed E-state index contributed by atoms with van der Waals surface area (Å²) in [7, 11) is 1.94. The molecule has 1 amide bonds. The SMILES string of the molecule is Cn1ccn2ncc(C(=O)N3CCc4[nH]nc(C5CC5)c4CC3)c12. The van der Waals surface area contributed by atoms with Gasteiger partial charge in [0.05, 0.1) is 11.9 Å². The lowest BCUT2D eigenvalue weighted by Crippen LogP contribution is -2.33. The Kier molecular flexibility index (Phi) is 2.86. The average Bonchev–Trinajstić information content (AvgIpc) is 3.14. The van der Waals surface area contributed by atoms with Crippen LogP contribution < -0.4 is 0 Å². The predicted molar refractivity (Wildman–Crippen MR) is 88.0 cm³/mol. The van der Waals surface area contributed by atoms with Crippen LogP contribution in [0.25, 0.3) is 5.65 Å². The minimum absolute atomic E-state index is 0.0675. The Morgan fingerprint density at radius 3 is 2.92 bits per heavy atom. The number of carbonyl (C=O) groups is 1. The van der Waals surface area contributed by atoms with Crippen molar-refractivity contribution >= 4 is 11.6 Å². The molecule has 4 heterocycles. The van der Waals surface area contributed by atoms with Gasteiger partial charge in [-0.2, -0.15) is 10.2 Å². The Bertz CT molecular complexity index is 928. The van der Waals surface area contributed by atoms with Crippen LogP contribution in [0.4, 0.5) is 0 Å². The molecule has 2 aliphatic rings. The molecule has 0 bridgehead atoms. The molecular formula is C17H20N6O. The van der Waals surface area contributed by atoms with E-state index in [9.17, 15) is 4.79 Å². The number of nitrogens with zero attached hydrogens (tertiary/aromatic N) is 5. The first-order valence-corrected chi connectivity index (χ1v) is 8.56. The zero-order valence-electron chi connectivity index (χ0n) is 13.7. The Morgan fingerprint density at radius 2 is 2.08 bits per heavy atom. The van der Waals surface area contributed by atoms with Crippen LogP contribution in [-0.4, -0.2) is 48.3 Å². The number of fused-ring (bicyclic) bond motifs is 2. The largest absolute Gasteiger partial charge is 0.338 e. The van der Waals surface area contributed by atoms with Gasteiger partial charge >= 0.3 is 0 Å². The molecule has 0 saturated heterocycles. The molecule has 0 spiro atoms. The van der Waals surface area contributed by atoms with Crippen molar-refractivity contribution < 1.29 is 4.79 Å². The van der Waals surface area contributed by atoms with Crippen molar-refractivity contribution in [3.05, 3.63) is 41.1 Å². The lowest BCUT2D eigenvalue weighted by molar-refractivity contribution is 0.0764. The van der Waals surface area contributed by atoms with Crippen LogP contribution in [0.5, 0.6) is 0 Å². The quantitative estimate of drug-likeness (QED) is 0.777. The number of nitrogens with one attached hydrogen (secondary N) is 1. The number of hydrogen-bond acceptors (Lipinski definition) is 3. The van der Waals surface area contributed by atoms with Crippen LogP contribution in [0.2, 0.25) is 0 Å². The van der Waals surface area contributed by atoms with Crippen molar-refractivity contribution in [2.45, 2.75) is 31.6 Å². The normalized spacial score (nSPS) is 18.0. The minimum atomic E-state index is 0.0675. The zero-order valence-corrected chi connectivity index (χ0v) is 13.7. The summed E-state index contributed by atoms with van der Waals surface area (Å²) in [6.45, 7) is 1.47. The van der Waals surface area contributed by atoms with E-state index in [-0.39, 0.29) is 5.91 Å². The Balaban J connectivity index is 1.42. The summed E-state index contributed by atoms with van der Waals surface area (Å²) in [5.74, 6) is 0.712. The summed E-state index contributed by atoms with van der Waals surface area (Å²) in [5.41, 5.74) is 5.34. The molecule has 7 nitrogen and oxygen atoms in total. The first-order chi connectivity index (χ1) is 11.7. The number of carbonyl (C=O) groups excluding carboxylic acids is 1. The fourth-order valence-corrected chi connectivity index (χ4v) is 3.78. The number of aromatic nitrogens is 5. The van der Waals surface area contributed by atoms with E-state index < -0.39 is 0 Å². The molecule has 124 valence electrons. The number of aryl methyl sites for hydroxylation is 1. The van der Waals surface area contributed by atoms with Gasteiger partial charge in [-0.1, -0.05) is 0 Å². The number of aromatic amines is 1. The highest BCUT2D eigenvalue weighted by molar-refractivity contribution is 5.99. The Hall–Kier alpha value is -2.57. The summed E-state index contributed by atoms with van der Waals surface area (Å²) in [6, 6.07) is 0. The van der Waals surface area contributed by atoms with Gasteiger partial charge in [-0.15, -0.1) is 0 Å². The molecule has 1 saturated carbocycles. The minimum Gasteiger partial charge on any atom is -0.338 e. The van der Waals surface area contributed by atoms with E-state index in [1.165, 1.54) is 29.8 Å². The predicted octanol–water partition coefficient (Wildman–Crippen LogP) is 1.51. The van der Waals surface area contributed by atoms with Gasteiger partial charge in [-0.25, -0.2) is 4.52 Å². The zero-order chi connectivity index (χ0) is 16.3. The third kappa shape index (κ3) is 2.00. The lowest BCUT2D eigenvalue weighted by atomic mass is 10.1. The van der Waals surface area contributed by atoms with E-state index in [1.807, 2.05) is 28.9 Å². The van der Waals surface area contributed by atoms with Crippen molar-refractivity contribution in [3.63, 3.8) is 0 Å². The highest BCUT2D eigenvalue weighted by Crippen LogP contribution is 2.41. The molecular weight excluding hydrogens is 304 g/mol. The molecule has 3 aromatic heterocycles. The van der Waals surface area contributed by atoms with E-state index in [4.69, 9.17) is 0 Å². The molecule has 0 aromatic carbocycles. The van der Waals surface area contributed by atoms with Crippen LogP contribution in [0.15, 0.2) is 18.6 Å². The maximum Gasteiger partial charge on any atom is 0.259 e. The van der Waals surface area contributed by atoms with Crippen LogP contribution in [-0.2, 0) is 19.9 Å². The third-order valence-corrected chi connectivity index (χ3v) is 5.26. The first-order valence-electron chi connectivity index (χ1n) is 8.56. The van der Waals surface area contributed by atoms with Gasteiger partial charge in [0.15, 0.2) is 0 Å². The van der Waals surface area contributed by atoms with Crippen molar-refractivity contribution in [3.8, 4) is 0 Å². The molecule has 7 heteroatoms. The van der Waals surface area contributed by atoms with E-state index in [0.717, 1.165) is 31.6 Å². The monoisotopic (exact) mass is 324 g/mol. The number of amides is 1. The highest BCUT2D eigenvalue weighted by atomic mass is 16.2. The first kappa shape index (κ1) is 13.8. The van der Waals surface area contributed by atoms with E-state index in [0.29, 0.717) is 11.5 Å². The molecule has 1 aliphatic heterocycles. The third-order valence-electron chi connectivity index (χ3n) is 5.26. The van der Waals surface area contributed by atoms with E-state index in [1.54, 1.807) is 10.7 Å². The number of H-pyrrole nitrogens is 1. The van der Waals surface area contributed by atoms with Crippen LogP contribution in [0.1, 0.15) is 46.1 Å². The fraction of sp³-hybridized carbons (Fsp3) is 0.471. The van der Waals surface area contributed by atoms with Crippen molar-refractivity contribution in [1.29, 1.82) is 0 Å². The van der Waals surface area contributed by atoms with Gasteiger partial charge < -0.3 is 9.47 Å². The van der Waals surface area contributed by atoms with E-state index in [2.05, 4.69) is 15.3 Å². The topological polar surface area (TPSA) is 71.2 Å². The van der Waals surface area contributed by atoms with Gasteiger partial charge in [0.1, 0.15) is 11.2 Å². The van der Waals surface area contributed by atoms with Gasteiger partial charge in [0.2, 0.25) is 0 Å². The smallest absolute Gasteiger partial charge is 0.259 e. The fourth-order valence-electron chi connectivity index (χ4n) is 3.78. The maximum absolute atomic E-state index is 13.0. The lowest BCUT2D eigenvalue weighted by Gasteiger charge is -2.19. The molecule has 1 aliphatic carbocycles. The van der Waals surface area contributed by atoms with Crippen molar-refractivity contribution in [1.82, 2.24) is 29.3 Å². The molecule has 0 atom stereocenters. The van der Waals surface area contributed by atoms with Gasteiger partial charge in [-0.05, 0) is 24.8 Å². The molecule has 5 rings (SSSR count). The summed E-state index contributed by atoms with van der Waals surface area (Å²) < 4.78 is 3.69. The second-order valence-corrected chi connectivity index (χ2v) is 6.87. The molecule has 24 heavy (non-hydrogen) atoms. The van der Waals surface area contributed by atoms with Crippen molar-refractivity contribution in [2.75, 3.05) is 13.1 Å². The van der Waals surface area contributed by atoms with E-state index >= 15 is 0 Å². The summed E-state index contributed by atoms with van der Waals surface area (Å²) in [4.78, 5) is 15.0. The Morgan fingerprint density at radius 1 is 1.25 bits per heavy atom. The second-order valence-electron chi connectivity index (χ2n) is 6.87. The number of imidazole rings is 1. The molecule has 0 radical (unpaired) electrons. The van der Waals surface area contributed by atoms with Gasteiger partial charge in [0, 0.05) is 50.6 Å². The molecule has 1 fully saturated rings. The average molecular weight is 324 g/mol. The van der Waals surface area contributed by atoms with Crippen LogP contribution in [0, 0.1) is 0 Å². The summed E-state index contributed by atoms with van der Waals surface area (Å²) in [5, 5.41) is 12.0. The molecule has 0 unspecified atom stereocenters. The van der Waals surface area contributed by atoms with Gasteiger partial charge in [0.25, 0.3) is 5.91 Å². The number of rotatable bonds is 2. The summed E-state index contributed by atoms with van der Waals surface area (Å²) in [6.07, 6.45) is 9.70. The standard InChI is InChI=1S/C17H20N6O/c1-21-8-9-23-16(21)13(10-18-23)17(24)22-6-4-12-14(5-7-22)19-20-15(12)11-2-3-11/h8-11H,2-7H2,1H3,(H,19,20). The highest BCUT2D eigenvalue weighted by Gasteiger charge is 2.32. The Labute approximate surface area is 139 Å². The maximum atomic E-state index is 13.0. The molecule has 3 aromatic rings. The second kappa shape index (κ2) is 4.96. The molecule has 1 N–H and O–H groups in total. The summed E-state index contributed by atoms with van der Waals surface area (Å²) >= 11 is 0. The van der Waals surface area contributed by atoms with Gasteiger partial charge in [-0.3, -0.25) is 9.89 Å². The van der Waals surface area contributed by atoms with Crippen molar-refractivity contribution in [2.24, 2.45) is 7.05 Å².